The van der Waals surface area contributed by atoms with Crippen molar-refractivity contribution in [2.24, 2.45) is 11.8 Å². The molecule has 16 heavy (non-hydrogen) atoms. The Morgan fingerprint density at radius 2 is 2.38 bits per heavy atom. The van der Waals surface area contributed by atoms with Gasteiger partial charge in [-0.05, 0) is 36.3 Å². The lowest BCUT2D eigenvalue weighted by Crippen LogP contribution is -2.33. The third-order valence-corrected chi connectivity index (χ3v) is 5.70. The lowest BCUT2D eigenvalue weighted by molar-refractivity contribution is 0.400. The highest BCUT2D eigenvalue weighted by Crippen LogP contribution is 2.32. The summed E-state index contributed by atoms with van der Waals surface area (Å²) in [6.07, 6.45) is 0.700. The van der Waals surface area contributed by atoms with Gasteiger partial charge in [0.15, 0.2) is 9.84 Å². The van der Waals surface area contributed by atoms with Crippen LogP contribution in [-0.2, 0) is 9.84 Å². The quantitative estimate of drug-likeness (QED) is 0.628. The molecule has 90 valence electrons. The van der Waals surface area contributed by atoms with Crippen LogP contribution >= 0.6 is 11.3 Å². The van der Waals surface area contributed by atoms with Gasteiger partial charge in [-0.2, -0.15) is 0 Å². The van der Waals surface area contributed by atoms with Crippen molar-refractivity contribution in [1.82, 2.24) is 5.43 Å². The van der Waals surface area contributed by atoms with E-state index in [1.807, 2.05) is 12.3 Å². The molecule has 1 fully saturated rings. The van der Waals surface area contributed by atoms with Crippen LogP contribution < -0.4 is 11.3 Å². The van der Waals surface area contributed by atoms with E-state index in [2.05, 4.69) is 11.5 Å². The molecule has 0 radical (unpaired) electrons. The Balaban J connectivity index is 2.18. The minimum absolute atomic E-state index is 0.0396. The molecule has 0 aliphatic carbocycles. The summed E-state index contributed by atoms with van der Waals surface area (Å²) >= 11 is 1.66. The predicted molar refractivity (Wildman–Crippen MR) is 65.9 cm³/mol. The Kier molecular flexibility index (Phi) is 3.34. The van der Waals surface area contributed by atoms with Crippen molar-refractivity contribution in [3.63, 3.8) is 0 Å². The molecule has 6 heteroatoms. The van der Waals surface area contributed by atoms with Crippen LogP contribution in [0.5, 0.6) is 0 Å². The molecule has 2 unspecified atom stereocenters. The average Bonchev–Trinajstić information content (AvgIpc) is 2.75. The minimum Gasteiger partial charge on any atom is -0.271 e. The smallest absolute Gasteiger partial charge is 0.150 e. The highest BCUT2D eigenvalue weighted by molar-refractivity contribution is 7.91. The van der Waals surface area contributed by atoms with E-state index >= 15 is 0 Å². The van der Waals surface area contributed by atoms with E-state index in [0.717, 1.165) is 5.56 Å². The molecule has 4 nitrogen and oxygen atoms in total. The van der Waals surface area contributed by atoms with E-state index in [4.69, 9.17) is 5.84 Å². The zero-order chi connectivity index (χ0) is 11.8. The van der Waals surface area contributed by atoms with Gasteiger partial charge < -0.3 is 0 Å². The van der Waals surface area contributed by atoms with E-state index in [9.17, 15) is 8.42 Å². The van der Waals surface area contributed by atoms with Crippen LogP contribution in [0, 0.1) is 12.8 Å². The van der Waals surface area contributed by atoms with Crippen LogP contribution in [0.4, 0.5) is 0 Å². The number of thiophene rings is 1. The fraction of sp³-hybridized carbons (Fsp3) is 0.600. The van der Waals surface area contributed by atoms with Crippen LogP contribution in [-0.4, -0.2) is 19.9 Å². The van der Waals surface area contributed by atoms with Gasteiger partial charge >= 0.3 is 0 Å². The lowest BCUT2D eigenvalue weighted by Gasteiger charge is -2.20. The molecule has 1 aromatic heterocycles. The second kappa shape index (κ2) is 4.44. The predicted octanol–water partition coefficient (Wildman–Crippen LogP) is 0.996. The van der Waals surface area contributed by atoms with Crippen molar-refractivity contribution in [2.45, 2.75) is 19.4 Å². The third kappa shape index (κ3) is 2.45. The first-order valence-electron chi connectivity index (χ1n) is 5.23. The van der Waals surface area contributed by atoms with Crippen molar-refractivity contribution < 1.29 is 8.42 Å². The van der Waals surface area contributed by atoms with Gasteiger partial charge in [-0.15, -0.1) is 11.3 Å². The fourth-order valence-corrected chi connectivity index (χ4v) is 4.80. The third-order valence-electron chi connectivity index (χ3n) is 3.03. The molecule has 0 spiro atoms. The molecule has 1 aliphatic rings. The van der Waals surface area contributed by atoms with Crippen LogP contribution in [0.2, 0.25) is 0 Å². The van der Waals surface area contributed by atoms with Gasteiger partial charge in [0.25, 0.3) is 0 Å². The maximum atomic E-state index is 11.4. The maximum absolute atomic E-state index is 11.4. The van der Waals surface area contributed by atoms with Crippen molar-refractivity contribution in [1.29, 1.82) is 0 Å². The average molecular weight is 260 g/mol. The first-order chi connectivity index (χ1) is 7.52. The second-order valence-electron chi connectivity index (χ2n) is 4.30. The Morgan fingerprint density at radius 1 is 1.62 bits per heavy atom. The highest BCUT2D eigenvalue weighted by Gasteiger charge is 2.34. The van der Waals surface area contributed by atoms with Crippen molar-refractivity contribution in [3.05, 3.63) is 21.9 Å². The summed E-state index contributed by atoms with van der Waals surface area (Å²) in [6.45, 7) is 2.03. The molecular formula is C10H16N2O2S2. The van der Waals surface area contributed by atoms with E-state index in [-0.39, 0.29) is 17.7 Å². The van der Waals surface area contributed by atoms with Crippen molar-refractivity contribution >= 4 is 21.2 Å². The number of hydrazine groups is 1. The van der Waals surface area contributed by atoms with Crippen molar-refractivity contribution in [2.75, 3.05) is 11.5 Å². The maximum Gasteiger partial charge on any atom is 0.150 e. The summed E-state index contributed by atoms with van der Waals surface area (Å²) in [6, 6.07) is 2.03. The number of sulfone groups is 1. The van der Waals surface area contributed by atoms with Crippen LogP contribution in [0.15, 0.2) is 11.4 Å². The molecule has 0 amide bonds. The molecule has 3 N–H and O–H groups in total. The van der Waals surface area contributed by atoms with Crippen LogP contribution in [0.25, 0.3) is 0 Å². The van der Waals surface area contributed by atoms with Gasteiger partial charge in [0.2, 0.25) is 0 Å². The largest absolute Gasteiger partial charge is 0.271 e. The lowest BCUT2D eigenvalue weighted by atomic mass is 9.95. The molecule has 1 aromatic rings. The normalized spacial score (nSPS) is 25.8. The number of nitrogens with two attached hydrogens (primary N) is 1. The van der Waals surface area contributed by atoms with E-state index in [1.54, 1.807) is 11.3 Å². The molecule has 0 aromatic carbocycles. The highest BCUT2D eigenvalue weighted by atomic mass is 32.2. The molecule has 0 bridgehead atoms. The van der Waals surface area contributed by atoms with Gasteiger partial charge in [-0.25, -0.2) is 8.42 Å². The number of nitrogens with one attached hydrogen (secondary N) is 1. The number of hydrogen-bond acceptors (Lipinski definition) is 5. The van der Waals surface area contributed by atoms with E-state index in [0.29, 0.717) is 12.2 Å². The first-order valence-corrected chi connectivity index (χ1v) is 7.93. The summed E-state index contributed by atoms with van der Waals surface area (Å²) < 4.78 is 22.9. The van der Waals surface area contributed by atoms with Gasteiger partial charge in [0.05, 0.1) is 17.5 Å². The van der Waals surface area contributed by atoms with Gasteiger partial charge in [-0.1, -0.05) is 0 Å². The SMILES string of the molecule is Cc1cc(C(NN)C2CCS(=O)(=O)C2)cs1. The van der Waals surface area contributed by atoms with Crippen LogP contribution in [0.3, 0.4) is 0 Å². The molecule has 1 saturated heterocycles. The molecule has 1 aliphatic heterocycles. The zero-order valence-electron chi connectivity index (χ0n) is 9.14. The summed E-state index contributed by atoms with van der Waals surface area (Å²) in [5.41, 5.74) is 3.86. The summed E-state index contributed by atoms with van der Waals surface area (Å²) in [4.78, 5) is 1.22. The Labute approximate surface area is 99.7 Å². The minimum atomic E-state index is -2.84. The number of rotatable bonds is 3. The van der Waals surface area contributed by atoms with E-state index < -0.39 is 9.84 Å². The second-order valence-corrected chi connectivity index (χ2v) is 7.64. The van der Waals surface area contributed by atoms with Crippen molar-refractivity contribution in [3.8, 4) is 0 Å². The summed E-state index contributed by atoms with van der Waals surface area (Å²) in [5, 5.41) is 2.05. The van der Waals surface area contributed by atoms with E-state index in [1.165, 1.54) is 4.88 Å². The monoisotopic (exact) mass is 260 g/mol. The molecular weight excluding hydrogens is 244 g/mol. The summed E-state index contributed by atoms with van der Waals surface area (Å²) in [7, 11) is -2.84. The topological polar surface area (TPSA) is 72.2 Å². The van der Waals surface area contributed by atoms with Gasteiger partial charge in [0, 0.05) is 4.88 Å². The Bertz CT molecular complexity index is 467. The molecule has 2 heterocycles. The summed E-state index contributed by atoms with van der Waals surface area (Å²) in [5.74, 6) is 6.18. The molecule has 2 atom stereocenters. The van der Waals surface area contributed by atoms with Gasteiger partial charge in [0.1, 0.15) is 0 Å². The van der Waals surface area contributed by atoms with Gasteiger partial charge in [-0.3, -0.25) is 11.3 Å². The molecule has 0 saturated carbocycles. The van der Waals surface area contributed by atoms with Crippen LogP contribution in [0.1, 0.15) is 22.9 Å². The Morgan fingerprint density at radius 3 is 2.81 bits per heavy atom. The fourth-order valence-electron chi connectivity index (χ4n) is 2.22. The number of aryl methyl sites for hydroxylation is 1. The molecule has 2 rings (SSSR count). The number of hydrogen-bond donors (Lipinski definition) is 2. The Hall–Kier alpha value is -0.430. The zero-order valence-corrected chi connectivity index (χ0v) is 10.8. The first kappa shape index (κ1) is 12.0. The standard InChI is InChI=1S/C10H16N2O2S2/c1-7-4-9(5-15-7)10(12-11)8-2-3-16(13,14)6-8/h4-5,8,10,12H,2-3,6,11H2,1H3.